The number of likely N-dealkylation sites (N-methyl/N-ethyl adjacent to an activating group) is 1. The summed E-state index contributed by atoms with van der Waals surface area (Å²) in [5, 5.41) is 9.54. The van der Waals surface area contributed by atoms with Crippen LogP contribution in [0.25, 0.3) is 0 Å². The molecule has 0 saturated heterocycles. The van der Waals surface area contributed by atoms with Crippen LogP contribution in [0.1, 0.15) is 123 Å². The minimum Gasteiger partial charge on any atom is -0.477 e. The van der Waals surface area contributed by atoms with Crippen molar-refractivity contribution < 1.29 is 38.2 Å². The summed E-state index contributed by atoms with van der Waals surface area (Å²) in [4.78, 5) is 36.5. The quantitative estimate of drug-likeness (QED) is 0.0391. The molecule has 0 aliphatic rings. The van der Waals surface area contributed by atoms with E-state index in [4.69, 9.17) is 14.2 Å². The highest BCUT2D eigenvalue weighted by molar-refractivity contribution is 5.72. The van der Waals surface area contributed by atoms with E-state index in [1.165, 1.54) is 25.7 Å². The standard InChI is InChI=1S/C36H63NO7/c1-6-8-10-12-14-16-17-19-21-23-25-27-35(39)44-32(30-42-29-28-33(36(40)41)37(3,4)5)31-43-34(38)26-24-22-20-18-15-13-11-9-7-2/h9,11-12,14-15,18,32-33H,6-8,10,13,16-17,19-31H2,1-5H3/p+1/b11-9+,14-12+,18-15+. The van der Waals surface area contributed by atoms with E-state index in [0.717, 1.165) is 64.2 Å². The molecule has 0 aliphatic carbocycles. The van der Waals surface area contributed by atoms with Crippen LogP contribution in [0.5, 0.6) is 0 Å². The van der Waals surface area contributed by atoms with Gasteiger partial charge in [-0.05, 0) is 57.8 Å². The van der Waals surface area contributed by atoms with Crippen LogP contribution in [-0.2, 0) is 28.6 Å². The molecule has 8 heteroatoms. The van der Waals surface area contributed by atoms with E-state index in [-0.39, 0.29) is 36.2 Å². The molecule has 44 heavy (non-hydrogen) atoms. The zero-order valence-corrected chi connectivity index (χ0v) is 28.6. The summed E-state index contributed by atoms with van der Waals surface area (Å²) in [6, 6.07) is -0.617. The molecular weight excluding hydrogens is 558 g/mol. The van der Waals surface area contributed by atoms with Crippen molar-refractivity contribution >= 4 is 17.9 Å². The smallest absolute Gasteiger partial charge is 0.362 e. The highest BCUT2D eigenvalue weighted by Gasteiger charge is 2.31. The van der Waals surface area contributed by atoms with Crippen molar-refractivity contribution in [2.45, 2.75) is 135 Å². The van der Waals surface area contributed by atoms with E-state index in [1.54, 1.807) is 0 Å². The maximum absolute atomic E-state index is 12.6. The van der Waals surface area contributed by atoms with Gasteiger partial charge in [-0.1, -0.05) is 82.4 Å². The van der Waals surface area contributed by atoms with Crippen molar-refractivity contribution in [2.75, 3.05) is 41.0 Å². The van der Waals surface area contributed by atoms with Crippen LogP contribution in [0.2, 0.25) is 0 Å². The molecule has 0 aromatic carbocycles. The molecule has 1 N–H and O–H groups in total. The fraction of sp³-hybridized carbons (Fsp3) is 0.750. The Balaban J connectivity index is 4.55. The van der Waals surface area contributed by atoms with Crippen LogP contribution in [0.3, 0.4) is 0 Å². The monoisotopic (exact) mass is 622 g/mol. The molecular formula is C36H64NO7+. The third-order valence-electron chi connectivity index (χ3n) is 7.27. The van der Waals surface area contributed by atoms with Gasteiger partial charge in [0.2, 0.25) is 0 Å². The van der Waals surface area contributed by atoms with Gasteiger partial charge in [-0.15, -0.1) is 0 Å². The van der Waals surface area contributed by atoms with Crippen molar-refractivity contribution in [3.8, 4) is 0 Å². The number of nitrogens with zero attached hydrogens (tertiary/aromatic N) is 1. The van der Waals surface area contributed by atoms with E-state index in [2.05, 4.69) is 50.3 Å². The van der Waals surface area contributed by atoms with Gasteiger partial charge in [0, 0.05) is 19.3 Å². The number of carboxylic acid groups (broad SMARTS) is 1. The highest BCUT2D eigenvalue weighted by Crippen LogP contribution is 2.12. The van der Waals surface area contributed by atoms with Crippen molar-refractivity contribution in [3.05, 3.63) is 36.5 Å². The summed E-state index contributed by atoms with van der Waals surface area (Å²) in [7, 11) is 5.49. The zero-order chi connectivity index (χ0) is 32.9. The Morgan fingerprint density at radius 2 is 1.27 bits per heavy atom. The van der Waals surface area contributed by atoms with Crippen molar-refractivity contribution in [3.63, 3.8) is 0 Å². The molecule has 0 fully saturated rings. The molecule has 0 bridgehead atoms. The van der Waals surface area contributed by atoms with Gasteiger partial charge >= 0.3 is 17.9 Å². The van der Waals surface area contributed by atoms with Gasteiger partial charge in [0.25, 0.3) is 0 Å². The van der Waals surface area contributed by atoms with Crippen LogP contribution < -0.4 is 0 Å². The van der Waals surface area contributed by atoms with Crippen molar-refractivity contribution in [1.29, 1.82) is 0 Å². The SMILES string of the molecule is CC/C=C/C/C=C/CCCCC(=O)OCC(COCCC(C(=O)O)[N+](C)(C)C)OC(=O)CCCCCCC/C=C/CCCC. The molecule has 254 valence electrons. The number of esters is 2. The first-order chi connectivity index (χ1) is 21.1. The van der Waals surface area contributed by atoms with E-state index in [0.29, 0.717) is 19.3 Å². The van der Waals surface area contributed by atoms with Gasteiger partial charge in [0.1, 0.15) is 6.61 Å². The summed E-state index contributed by atoms with van der Waals surface area (Å²) < 4.78 is 17.1. The number of rotatable bonds is 29. The maximum atomic E-state index is 12.6. The van der Waals surface area contributed by atoms with Gasteiger partial charge in [-0.25, -0.2) is 4.79 Å². The normalized spacial score (nSPS) is 13.6. The number of quaternary nitrogens is 1. The number of allylic oxidation sites excluding steroid dienone is 6. The Morgan fingerprint density at radius 1 is 0.705 bits per heavy atom. The van der Waals surface area contributed by atoms with Gasteiger partial charge in [-0.3, -0.25) is 9.59 Å². The van der Waals surface area contributed by atoms with Gasteiger partial charge in [0.15, 0.2) is 12.1 Å². The third kappa shape index (κ3) is 26.0. The Kier molecular flexibility index (Phi) is 26.5. The molecule has 0 aromatic rings. The highest BCUT2D eigenvalue weighted by atomic mass is 16.6. The molecule has 0 amide bonds. The zero-order valence-electron chi connectivity index (χ0n) is 28.6. The van der Waals surface area contributed by atoms with E-state index >= 15 is 0 Å². The van der Waals surface area contributed by atoms with Crippen molar-refractivity contribution in [1.82, 2.24) is 0 Å². The molecule has 0 aromatic heterocycles. The average Bonchev–Trinajstić information content (AvgIpc) is 2.96. The predicted octanol–water partition coefficient (Wildman–Crippen LogP) is 7.96. The number of ether oxygens (including phenoxy) is 3. The van der Waals surface area contributed by atoms with E-state index in [9.17, 15) is 19.5 Å². The van der Waals surface area contributed by atoms with Crippen LogP contribution in [0.15, 0.2) is 36.5 Å². The fourth-order valence-corrected chi connectivity index (χ4v) is 4.58. The van der Waals surface area contributed by atoms with Crippen LogP contribution >= 0.6 is 0 Å². The second-order valence-corrected chi connectivity index (χ2v) is 12.4. The molecule has 0 saturated carbocycles. The summed E-state index contributed by atoms with van der Waals surface area (Å²) >= 11 is 0. The summed E-state index contributed by atoms with van der Waals surface area (Å²) in [6.45, 7) is 4.49. The predicted molar refractivity (Wildman–Crippen MR) is 178 cm³/mol. The maximum Gasteiger partial charge on any atom is 0.362 e. The molecule has 2 unspecified atom stereocenters. The fourth-order valence-electron chi connectivity index (χ4n) is 4.58. The van der Waals surface area contributed by atoms with E-state index < -0.39 is 18.1 Å². The number of carboxylic acids is 1. The van der Waals surface area contributed by atoms with Gasteiger partial charge < -0.3 is 23.8 Å². The summed E-state index contributed by atoms with van der Waals surface area (Å²) in [5.74, 6) is -1.54. The largest absolute Gasteiger partial charge is 0.477 e. The number of carbonyl (C=O) groups is 3. The first-order valence-corrected chi connectivity index (χ1v) is 17.0. The molecule has 2 atom stereocenters. The first-order valence-electron chi connectivity index (χ1n) is 17.0. The van der Waals surface area contributed by atoms with Crippen LogP contribution in [0.4, 0.5) is 0 Å². The molecule has 0 radical (unpaired) electrons. The minimum absolute atomic E-state index is 0.0472. The van der Waals surface area contributed by atoms with Gasteiger partial charge in [0.05, 0.1) is 34.4 Å². The Labute approximate surface area is 268 Å². The number of aliphatic carboxylic acids is 1. The Morgan fingerprint density at radius 3 is 1.93 bits per heavy atom. The number of hydrogen-bond donors (Lipinski definition) is 1. The van der Waals surface area contributed by atoms with E-state index in [1.807, 2.05) is 21.1 Å². The second kappa shape index (κ2) is 28.1. The van der Waals surface area contributed by atoms with Gasteiger partial charge in [-0.2, -0.15) is 0 Å². The number of carbonyl (C=O) groups excluding carboxylic acids is 2. The molecule has 0 rings (SSSR count). The molecule has 0 aliphatic heterocycles. The lowest BCUT2D eigenvalue weighted by Crippen LogP contribution is -2.50. The van der Waals surface area contributed by atoms with Crippen LogP contribution in [0, 0.1) is 0 Å². The average molecular weight is 623 g/mol. The third-order valence-corrected chi connectivity index (χ3v) is 7.27. The lowest BCUT2D eigenvalue weighted by Gasteiger charge is -2.31. The Hall–Kier alpha value is -2.45. The Bertz CT molecular complexity index is 829. The number of unbranched alkanes of at least 4 members (excludes halogenated alkanes) is 9. The van der Waals surface area contributed by atoms with Crippen LogP contribution in [-0.4, -0.2) is 80.6 Å². The molecule has 0 spiro atoms. The number of hydrogen-bond acceptors (Lipinski definition) is 6. The topological polar surface area (TPSA) is 99.1 Å². The summed E-state index contributed by atoms with van der Waals surface area (Å²) in [6.07, 6.45) is 27.7. The molecule has 8 nitrogen and oxygen atoms in total. The second-order valence-electron chi connectivity index (χ2n) is 12.4. The lowest BCUT2D eigenvalue weighted by atomic mass is 10.1. The van der Waals surface area contributed by atoms with Crippen molar-refractivity contribution in [2.24, 2.45) is 0 Å². The first kappa shape index (κ1) is 41.5. The summed E-state index contributed by atoms with van der Waals surface area (Å²) in [5.41, 5.74) is 0. The minimum atomic E-state index is -0.884. The lowest BCUT2D eigenvalue weighted by molar-refractivity contribution is -0.887. The molecule has 0 heterocycles.